The fourth-order valence-electron chi connectivity index (χ4n) is 6.57. The van der Waals surface area contributed by atoms with Crippen molar-refractivity contribution in [2.24, 2.45) is 5.92 Å². The molecule has 6 heteroatoms. The van der Waals surface area contributed by atoms with Crippen molar-refractivity contribution in [1.29, 1.82) is 0 Å². The Hall–Kier alpha value is -6.01. The van der Waals surface area contributed by atoms with Gasteiger partial charge in [0, 0.05) is 53.6 Å². The molecular formula is C41H32N4O2. The number of hydrogen-bond donors (Lipinski definition) is 1. The van der Waals surface area contributed by atoms with Crippen LogP contribution in [-0.2, 0) is 4.79 Å². The molecule has 0 spiro atoms. The highest BCUT2D eigenvalue weighted by Gasteiger charge is 2.29. The van der Waals surface area contributed by atoms with E-state index in [0.29, 0.717) is 11.7 Å². The molecule has 2 heterocycles. The van der Waals surface area contributed by atoms with Gasteiger partial charge in [-0.2, -0.15) is 0 Å². The monoisotopic (exact) mass is 612 g/mol. The molecule has 2 unspecified atom stereocenters. The van der Waals surface area contributed by atoms with Gasteiger partial charge in [0.15, 0.2) is 5.82 Å². The Balaban J connectivity index is 1.19. The molecule has 0 saturated heterocycles. The molecule has 0 aliphatic heterocycles. The summed E-state index contributed by atoms with van der Waals surface area (Å²) in [6, 6.07) is 33.0. The zero-order chi connectivity index (χ0) is 31.9. The molecule has 0 fully saturated rings. The zero-order valence-electron chi connectivity index (χ0n) is 26.1. The third kappa shape index (κ3) is 5.14. The van der Waals surface area contributed by atoms with Crippen molar-refractivity contribution in [2.45, 2.75) is 5.92 Å². The van der Waals surface area contributed by atoms with Gasteiger partial charge in [0.2, 0.25) is 6.41 Å². The van der Waals surface area contributed by atoms with Crippen LogP contribution >= 0.6 is 0 Å². The molecule has 4 aromatic carbocycles. The average molecular weight is 613 g/mol. The van der Waals surface area contributed by atoms with E-state index in [9.17, 15) is 4.79 Å². The summed E-state index contributed by atoms with van der Waals surface area (Å²) in [4.78, 5) is 23.0. The van der Waals surface area contributed by atoms with E-state index < -0.39 is 0 Å². The lowest BCUT2D eigenvalue weighted by Crippen LogP contribution is -2.15. The van der Waals surface area contributed by atoms with Gasteiger partial charge >= 0.3 is 0 Å². The first-order valence-electron chi connectivity index (χ1n) is 15.7. The van der Waals surface area contributed by atoms with Gasteiger partial charge in [-0.25, -0.2) is 9.97 Å². The first-order chi connectivity index (χ1) is 23.1. The van der Waals surface area contributed by atoms with E-state index in [-0.39, 0.29) is 5.92 Å². The van der Waals surface area contributed by atoms with E-state index in [2.05, 4.69) is 96.4 Å². The Kier molecular flexibility index (Phi) is 7.10. The predicted octanol–water partition coefficient (Wildman–Crippen LogP) is 9.38. The fourth-order valence-corrected chi connectivity index (χ4v) is 6.57. The van der Waals surface area contributed by atoms with E-state index in [0.717, 1.165) is 79.3 Å². The second-order valence-corrected chi connectivity index (χ2v) is 11.9. The maximum Gasteiger partial charge on any atom is 0.213 e. The summed E-state index contributed by atoms with van der Waals surface area (Å²) < 4.78 is 6.43. The molecule has 0 radical (unpaired) electrons. The number of aromatic nitrogens is 2. The molecule has 0 bridgehead atoms. The summed E-state index contributed by atoms with van der Waals surface area (Å²) in [7, 11) is 3.61. The molecule has 47 heavy (non-hydrogen) atoms. The van der Waals surface area contributed by atoms with Crippen molar-refractivity contribution in [2.75, 3.05) is 24.3 Å². The Morgan fingerprint density at radius 1 is 0.745 bits per heavy atom. The number of amides is 1. The standard InChI is InChI=1S/C41H32N4O2/c1-42-37-23-30(17-20-38(37)45(2)25-46)26-12-14-28(15-13-26)35-24-36(44-41(43-35)29-9-4-3-5-10-29)31-18-21-39-34(22-31)33-19-16-27-8-6-7-11-32(27)40(33)47-39/h3-25,27,32,42H,1-2H3. The molecule has 8 rings (SSSR count). The van der Waals surface area contributed by atoms with E-state index >= 15 is 0 Å². The van der Waals surface area contributed by atoms with Crippen LogP contribution in [0.2, 0.25) is 0 Å². The number of allylic oxidation sites excluding steroid dienone is 5. The summed E-state index contributed by atoms with van der Waals surface area (Å²) in [5.74, 6) is 2.23. The smallest absolute Gasteiger partial charge is 0.213 e. The quantitative estimate of drug-likeness (QED) is 0.182. The third-order valence-corrected chi connectivity index (χ3v) is 9.09. The van der Waals surface area contributed by atoms with Crippen LogP contribution in [-0.4, -0.2) is 30.5 Å². The number of benzene rings is 4. The van der Waals surface area contributed by atoms with Crippen molar-refractivity contribution < 1.29 is 9.21 Å². The van der Waals surface area contributed by atoms with Gasteiger partial charge in [-0.15, -0.1) is 0 Å². The highest BCUT2D eigenvalue weighted by molar-refractivity contribution is 5.93. The Labute approximate surface area is 273 Å². The first kappa shape index (κ1) is 28.5. The van der Waals surface area contributed by atoms with Crippen molar-refractivity contribution in [3.8, 4) is 45.0 Å². The van der Waals surface area contributed by atoms with Crippen LogP contribution < -0.4 is 10.2 Å². The SMILES string of the molecule is CNc1cc(-c2ccc(-c3cc(-c4ccc5oc6c(c5c4)C=CC4C=CC=CC64)nc(-c4ccccc4)n3)cc2)ccc1N(C)C=O. The average Bonchev–Trinajstić information content (AvgIpc) is 3.53. The minimum atomic E-state index is 0.217. The summed E-state index contributed by atoms with van der Waals surface area (Å²) in [5, 5.41) is 4.30. The zero-order valence-corrected chi connectivity index (χ0v) is 26.1. The Morgan fingerprint density at radius 3 is 2.26 bits per heavy atom. The molecule has 6 nitrogen and oxygen atoms in total. The predicted molar refractivity (Wildman–Crippen MR) is 191 cm³/mol. The van der Waals surface area contributed by atoms with E-state index in [1.165, 1.54) is 0 Å². The van der Waals surface area contributed by atoms with Crippen LogP contribution in [0.1, 0.15) is 17.2 Å². The molecule has 2 aliphatic rings. The highest BCUT2D eigenvalue weighted by Crippen LogP contribution is 2.43. The lowest BCUT2D eigenvalue weighted by molar-refractivity contribution is -0.107. The van der Waals surface area contributed by atoms with Gasteiger partial charge in [0.05, 0.1) is 22.8 Å². The number of rotatable bonds is 7. The molecule has 1 amide bonds. The molecule has 0 saturated carbocycles. The molecule has 2 atom stereocenters. The van der Waals surface area contributed by atoms with E-state index in [4.69, 9.17) is 14.4 Å². The van der Waals surface area contributed by atoms with Crippen molar-refractivity contribution in [3.63, 3.8) is 0 Å². The first-order valence-corrected chi connectivity index (χ1v) is 15.7. The number of nitrogens with zero attached hydrogens (tertiary/aromatic N) is 3. The van der Waals surface area contributed by atoms with Gasteiger partial charge in [0.25, 0.3) is 0 Å². The van der Waals surface area contributed by atoms with Gasteiger partial charge in [0.1, 0.15) is 11.3 Å². The Morgan fingerprint density at radius 2 is 1.47 bits per heavy atom. The maximum absolute atomic E-state index is 11.4. The number of hydrogen-bond acceptors (Lipinski definition) is 5. The fraction of sp³-hybridized carbons (Fsp3) is 0.0976. The van der Waals surface area contributed by atoms with Crippen molar-refractivity contribution >= 4 is 34.8 Å². The van der Waals surface area contributed by atoms with Crippen molar-refractivity contribution in [3.05, 3.63) is 139 Å². The van der Waals surface area contributed by atoms with Crippen LogP contribution in [0.5, 0.6) is 0 Å². The molecule has 6 aromatic rings. The number of furan rings is 1. The summed E-state index contributed by atoms with van der Waals surface area (Å²) in [6.45, 7) is 0. The number of anilines is 2. The summed E-state index contributed by atoms with van der Waals surface area (Å²) in [6.07, 6.45) is 13.9. The normalized spacial score (nSPS) is 16.1. The minimum Gasteiger partial charge on any atom is -0.460 e. The number of nitrogens with one attached hydrogen (secondary N) is 1. The molecule has 228 valence electrons. The van der Waals surface area contributed by atoms with Crippen LogP contribution in [0.4, 0.5) is 11.4 Å². The maximum atomic E-state index is 11.4. The van der Waals surface area contributed by atoms with E-state index in [1.807, 2.05) is 49.5 Å². The number of carbonyl (C=O) groups excluding carboxylic acids is 1. The lowest BCUT2D eigenvalue weighted by atomic mass is 9.81. The molecule has 2 aliphatic carbocycles. The molecule has 2 aromatic heterocycles. The largest absolute Gasteiger partial charge is 0.460 e. The lowest BCUT2D eigenvalue weighted by Gasteiger charge is -2.23. The molecular weight excluding hydrogens is 580 g/mol. The van der Waals surface area contributed by atoms with Gasteiger partial charge < -0.3 is 14.6 Å². The second kappa shape index (κ2) is 11.7. The Bertz CT molecular complexity index is 2230. The number of fused-ring (bicyclic) bond motifs is 5. The highest BCUT2D eigenvalue weighted by atomic mass is 16.3. The van der Waals surface area contributed by atoms with Crippen LogP contribution in [0, 0.1) is 5.92 Å². The van der Waals surface area contributed by atoms with Crippen molar-refractivity contribution in [1.82, 2.24) is 9.97 Å². The van der Waals surface area contributed by atoms with Crippen LogP contribution in [0.15, 0.2) is 132 Å². The van der Waals surface area contributed by atoms with Gasteiger partial charge in [-0.3, -0.25) is 4.79 Å². The summed E-state index contributed by atoms with van der Waals surface area (Å²) in [5.41, 5.74) is 10.5. The summed E-state index contributed by atoms with van der Waals surface area (Å²) >= 11 is 0. The van der Waals surface area contributed by atoms with Crippen LogP contribution in [0.3, 0.4) is 0 Å². The second-order valence-electron chi connectivity index (χ2n) is 11.9. The van der Waals surface area contributed by atoms with Gasteiger partial charge in [-0.1, -0.05) is 97.1 Å². The topological polar surface area (TPSA) is 71.3 Å². The minimum absolute atomic E-state index is 0.217. The molecule has 1 N–H and O–H groups in total. The van der Waals surface area contributed by atoms with E-state index in [1.54, 1.807) is 11.9 Å². The van der Waals surface area contributed by atoms with Gasteiger partial charge in [-0.05, 0) is 47.5 Å². The third-order valence-electron chi connectivity index (χ3n) is 9.09. The number of carbonyl (C=O) groups is 1. The van der Waals surface area contributed by atoms with Crippen LogP contribution in [0.25, 0.3) is 62.1 Å².